The van der Waals surface area contributed by atoms with E-state index in [0.29, 0.717) is 5.56 Å². The van der Waals surface area contributed by atoms with Gasteiger partial charge in [-0.1, -0.05) is 29.3 Å². The first kappa shape index (κ1) is 17.3. The maximum absolute atomic E-state index is 13.2. The molecule has 0 spiro atoms. The van der Waals surface area contributed by atoms with Gasteiger partial charge in [0.25, 0.3) is 5.91 Å². The zero-order chi connectivity index (χ0) is 18.1. The number of halogens is 3. The molecule has 0 saturated carbocycles. The van der Waals surface area contributed by atoms with Gasteiger partial charge in [-0.2, -0.15) is 5.10 Å². The van der Waals surface area contributed by atoms with Gasteiger partial charge in [0.2, 0.25) is 0 Å². The number of amides is 1. The fourth-order valence-corrected chi connectivity index (χ4v) is 2.59. The third kappa shape index (κ3) is 3.47. The van der Waals surface area contributed by atoms with Crippen LogP contribution >= 0.6 is 23.2 Å². The molecule has 0 aliphatic carbocycles. The van der Waals surface area contributed by atoms with E-state index in [1.807, 2.05) is 0 Å². The molecule has 25 heavy (non-hydrogen) atoms. The average molecular weight is 381 g/mol. The van der Waals surface area contributed by atoms with E-state index in [-0.39, 0.29) is 39.4 Å². The highest BCUT2D eigenvalue weighted by Crippen LogP contribution is 2.18. The van der Waals surface area contributed by atoms with Crippen molar-refractivity contribution in [2.75, 3.05) is 0 Å². The van der Waals surface area contributed by atoms with Crippen LogP contribution in [-0.2, 0) is 6.54 Å². The number of fused-ring (bicyclic) bond motifs is 1. The summed E-state index contributed by atoms with van der Waals surface area (Å²) in [5.74, 6) is -1.33. The van der Waals surface area contributed by atoms with Crippen molar-refractivity contribution >= 4 is 40.5 Å². The van der Waals surface area contributed by atoms with E-state index in [0.717, 1.165) is 0 Å². The van der Waals surface area contributed by atoms with Crippen molar-refractivity contribution in [2.45, 2.75) is 13.5 Å². The van der Waals surface area contributed by atoms with E-state index in [1.54, 1.807) is 0 Å². The van der Waals surface area contributed by atoms with Crippen LogP contribution < -0.4 is 5.32 Å². The number of ketones is 1. The third-order valence-corrected chi connectivity index (χ3v) is 4.02. The molecule has 9 heteroatoms. The van der Waals surface area contributed by atoms with Crippen LogP contribution in [0, 0.1) is 5.82 Å². The minimum atomic E-state index is -0.537. The minimum Gasteiger partial charge on any atom is -0.347 e. The summed E-state index contributed by atoms with van der Waals surface area (Å²) in [7, 11) is 0. The first-order valence-corrected chi connectivity index (χ1v) is 7.89. The highest BCUT2D eigenvalue weighted by atomic mass is 35.5. The molecule has 0 saturated heterocycles. The maximum atomic E-state index is 13.2. The molecule has 3 rings (SSSR count). The largest absolute Gasteiger partial charge is 0.347 e. The lowest BCUT2D eigenvalue weighted by Crippen LogP contribution is -2.25. The normalized spacial score (nSPS) is 10.9. The molecule has 0 atom stereocenters. The third-order valence-electron chi connectivity index (χ3n) is 3.46. The quantitative estimate of drug-likeness (QED) is 0.704. The van der Waals surface area contributed by atoms with Crippen LogP contribution in [0.3, 0.4) is 0 Å². The number of Topliss-reactive ketones (excluding diaryl/α,β-unsaturated/α-hetero) is 1. The molecule has 3 aromatic rings. The number of aromatic nitrogens is 3. The number of nitrogens with one attached hydrogen (secondary N) is 1. The van der Waals surface area contributed by atoms with Gasteiger partial charge in [0.15, 0.2) is 11.4 Å². The van der Waals surface area contributed by atoms with Gasteiger partial charge in [-0.05, 0) is 23.8 Å². The van der Waals surface area contributed by atoms with Gasteiger partial charge in [-0.25, -0.2) is 13.9 Å². The van der Waals surface area contributed by atoms with Gasteiger partial charge >= 0.3 is 0 Å². The van der Waals surface area contributed by atoms with Gasteiger partial charge in [-0.15, -0.1) is 0 Å². The first-order valence-electron chi connectivity index (χ1n) is 7.14. The Balaban J connectivity index is 1.87. The minimum absolute atomic E-state index is 0.0216. The van der Waals surface area contributed by atoms with Crippen molar-refractivity contribution in [1.29, 1.82) is 0 Å². The molecule has 0 aliphatic heterocycles. The van der Waals surface area contributed by atoms with Gasteiger partial charge in [0, 0.05) is 13.5 Å². The van der Waals surface area contributed by atoms with Gasteiger partial charge < -0.3 is 5.32 Å². The van der Waals surface area contributed by atoms with Crippen molar-refractivity contribution in [3.8, 4) is 0 Å². The van der Waals surface area contributed by atoms with E-state index >= 15 is 0 Å². The number of rotatable bonds is 4. The van der Waals surface area contributed by atoms with Crippen LogP contribution in [0.25, 0.3) is 5.65 Å². The standard InChI is InChI=1S/C16H11Cl2FN4O2/c1-8(24)14-5-13(22-15-11(18)7-21-23(14)15)16(25)20-6-9-2-3-12(19)10(17)4-9/h2-5,7H,6H2,1H3,(H,20,25). The van der Waals surface area contributed by atoms with Crippen LogP contribution in [0.5, 0.6) is 0 Å². The molecule has 2 heterocycles. The summed E-state index contributed by atoms with van der Waals surface area (Å²) in [6.07, 6.45) is 1.35. The summed E-state index contributed by atoms with van der Waals surface area (Å²) < 4.78 is 14.4. The van der Waals surface area contributed by atoms with E-state index < -0.39 is 11.7 Å². The second-order valence-electron chi connectivity index (χ2n) is 5.24. The highest BCUT2D eigenvalue weighted by Gasteiger charge is 2.17. The first-order chi connectivity index (χ1) is 11.9. The maximum Gasteiger partial charge on any atom is 0.270 e. The molecule has 0 radical (unpaired) electrons. The summed E-state index contributed by atoms with van der Waals surface area (Å²) in [6, 6.07) is 5.48. The predicted molar refractivity (Wildman–Crippen MR) is 90.6 cm³/mol. The van der Waals surface area contributed by atoms with Crippen molar-refractivity contribution in [2.24, 2.45) is 0 Å². The fraction of sp³-hybridized carbons (Fsp3) is 0.125. The second kappa shape index (κ2) is 6.78. The van der Waals surface area contributed by atoms with Crippen LogP contribution in [-0.4, -0.2) is 26.3 Å². The molecule has 0 unspecified atom stereocenters. The summed E-state index contributed by atoms with van der Waals surface area (Å²) in [5.41, 5.74) is 1.04. The van der Waals surface area contributed by atoms with Crippen molar-refractivity contribution in [1.82, 2.24) is 19.9 Å². The van der Waals surface area contributed by atoms with Crippen molar-refractivity contribution in [3.05, 3.63) is 63.3 Å². The lowest BCUT2D eigenvalue weighted by molar-refractivity contribution is 0.0946. The Hall–Kier alpha value is -2.51. The number of nitrogens with zero attached hydrogens (tertiary/aromatic N) is 3. The van der Waals surface area contributed by atoms with E-state index in [1.165, 1.54) is 41.9 Å². The molecular weight excluding hydrogens is 370 g/mol. The average Bonchev–Trinajstić information content (AvgIpc) is 2.96. The molecule has 1 N–H and O–H groups in total. The molecule has 1 amide bonds. The van der Waals surface area contributed by atoms with Crippen LogP contribution in [0.1, 0.15) is 33.5 Å². The molecule has 128 valence electrons. The summed E-state index contributed by atoms with van der Waals surface area (Å²) in [6.45, 7) is 1.47. The van der Waals surface area contributed by atoms with Gasteiger partial charge in [0.1, 0.15) is 22.2 Å². The Labute approximate surface area is 151 Å². The van der Waals surface area contributed by atoms with Crippen LogP contribution in [0.15, 0.2) is 30.5 Å². The Morgan fingerprint density at radius 2 is 2.00 bits per heavy atom. The highest BCUT2D eigenvalue weighted by molar-refractivity contribution is 6.33. The van der Waals surface area contributed by atoms with Crippen molar-refractivity contribution < 1.29 is 14.0 Å². The number of benzene rings is 1. The number of hydrogen-bond donors (Lipinski definition) is 1. The molecule has 2 aromatic heterocycles. The fourth-order valence-electron chi connectivity index (χ4n) is 2.23. The molecule has 1 aromatic carbocycles. The zero-order valence-corrected chi connectivity index (χ0v) is 14.4. The number of carbonyl (C=O) groups excluding carboxylic acids is 2. The molecule has 0 aliphatic rings. The predicted octanol–water partition coefficient (Wildman–Crippen LogP) is 3.31. The van der Waals surface area contributed by atoms with Gasteiger partial charge in [-0.3, -0.25) is 9.59 Å². The summed E-state index contributed by atoms with van der Waals surface area (Å²) >= 11 is 11.7. The Morgan fingerprint density at radius 3 is 2.68 bits per heavy atom. The Kier molecular flexibility index (Phi) is 4.69. The Morgan fingerprint density at radius 1 is 1.24 bits per heavy atom. The molecular formula is C16H11Cl2FN4O2. The monoisotopic (exact) mass is 380 g/mol. The number of hydrogen-bond acceptors (Lipinski definition) is 4. The second-order valence-corrected chi connectivity index (χ2v) is 6.06. The summed E-state index contributed by atoms with van der Waals surface area (Å²) in [4.78, 5) is 28.3. The van der Waals surface area contributed by atoms with Crippen LogP contribution in [0.2, 0.25) is 10.0 Å². The smallest absolute Gasteiger partial charge is 0.270 e. The zero-order valence-electron chi connectivity index (χ0n) is 12.9. The molecule has 0 fully saturated rings. The topological polar surface area (TPSA) is 76.4 Å². The number of carbonyl (C=O) groups is 2. The molecule has 0 bridgehead atoms. The van der Waals surface area contributed by atoms with Gasteiger partial charge in [0.05, 0.1) is 11.2 Å². The van der Waals surface area contributed by atoms with E-state index in [2.05, 4.69) is 15.4 Å². The van der Waals surface area contributed by atoms with E-state index in [9.17, 15) is 14.0 Å². The lowest BCUT2D eigenvalue weighted by atomic mass is 10.2. The van der Waals surface area contributed by atoms with Crippen molar-refractivity contribution in [3.63, 3.8) is 0 Å². The SMILES string of the molecule is CC(=O)c1cc(C(=O)NCc2ccc(F)c(Cl)c2)nc2c(Cl)cnn12. The van der Waals surface area contributed by atoms with Crippen LogP contribution in [0.4, 0.5) is 4.39 Å². The molecule has 6 nitrogen and oxygen atoms in total. The summed E-state index contributed by atoms with van der Waals surface area (Å²) in [5, 5.41) is 6.80. The van der Waals surface area contributed by atoms with E-state index in [4.69, 9.17) is 23.2 Å². The Bertz CT molecular complexity index is 1000. The lowest BCUT2D eigenvalue weighted by Gasteiger charge is -2.08.